The third-order valence-electron chi connectivity index (χ3n) is 6.45. The van der Waals surface area contributed by atoms with Crippen molar-refractivity contribution < 1.29 is 23.8 Å². The van der Waals surface area contributed by atoms with Crippen LogP contribution in [0.15, 0.2) is 66.7 Å². The summed E-state index contributed by atoms with van der Waals surface area (Å²) in [6.07, 6.45) is 5.02. The van der Waals surface area contributed by atoms with Gasteiger partial charge in [0.25, 0.3) is 5.24 Å². The zero-order chi connectivity index (χ0) is 26.3. The number of hydrogen-bond acceptors (Lipinski definition) is 6. The molecule has 0 spiro atoms. The van der Waals surface area contributed by atoms with Crippen molar-refractivity contribution in [3.05, 3.63) is 83.4 Å². The molecule has 6 nitrogen and oxygen atoms in total. The molecule has 0 radical (unpaired) electrons. The minimum Gasteiger partial charge on any atom is -0.497 e. The highest BCUT2D eigenvalue weighted by atomic mass is 32.2. The Morgan fingerprint density at radius 1 is 0.811 bits per heavy atom. The summed E-state index contributed by atoms with van der Waals surface area (Å²) in [6.45, 7) is 4.57. The highest BCUT2D eigenvalue weighted by Gasteiger charge is 2.45. The lowest BCUT2D eigenvalue weighted by molar-refractivity contribution is -0.121. The lowest BCUT2D eigenvalue weighted by atomic mass is 9.98. The van der Waals surface area contributed by atoms with Gasteiger partial charge < -0.3 is 14.2 Å². The first-order valence-electron chi connectivity index (χ1n) is 12.6. The summed E-state index contributed by atoms with van der Waals surface area (Å²) >= 11 is 1.01. The molecule has 0 aromatic heterocycles. The number of methoxy groups -OCH3 is 1. The molecule has 1 fully saturated rings. The minimum atomic E-state index is -0.888. The quantitative estimate of drug-likeness (QED) is 0.259. The Kier molecular flexibility index (Phi) is 8.77. The first kappa shape index (κ1) is 26.6. The molecule has 1 saturated heterocycles. The Morgan fingerprint density at radius 3 is 2.14 bits per heavy atom. The number of amides is 2. The molecule has 4 rings (SSSR count). The van der Waals surface area contributed by atoms with E-state index in [2.05, 4.69) is 24.4 Å². The van der Waals surface area contributed by atoms with Crippen LogP contribution in [0.5, 0.6) is 23.0 Å². The van der Waals surface area contributed by atoms with Crippen LogP contribution in [0.2, 0.25) is 0 Å². The summed E-state index contributed by atoms with van der Waals surface area (Å²) in [5, 5.41) is 2.04. The first-order valence-corrected chi connectivity index (χ1v) is 13.4. The van der Waals surface area contributed by atoms with E-state index in [1.807, 2.05) is 54.6 Å². The second-order valence-corrected chi connectivity index (χ2v) is 10.6. The molecule has 1 N–H and O–H groups in total. The molecule has 1 aliphatic heterocycles. The molecule has 3 aromatic rings. The van der Waals surface area contributed by atoms with Crippen molar-refractivity contribution in [2.45, 2.75) is 50.7 Å². The van der Waals surface area contributed by atoms with Crippen LogP contribution in [-0.4, -0.2) is 24.9 Å². The van der Waals surface area contributed by atoms with E-state index in [9.17, 15) is 9.59 Å². The summed E-state index contributed by atoms with van der Waals surface area (Å²) in [5.74, 6) is 2.91. The maximum Gasteiger partial charge on any atom is 0.287 e. The van der Waals surface area contributed by atoms with Crippen LogP contribution in [0, 0.1) is 0 Å². The minimum absolute atomic E-state index is 0.279. The van der Waals surface area contributed by atoms with Crippen LogP contribution < -0.4 is 19.5 Å². The van der Waals surface area contributed by atoms with E-state index in [1.165, 1.54) is 11.1 Å². The molecule has 37 heavy (non-hydrogen) atoms. The fourth-order valence-electron chi connectivity index (χ4n) is 4.33. The Morgan fingerprint density at radius 2 is 1.49 bits per heavy atom. The SMILES string of the molecule is CCCc1cc(Oc2ccc(OC)cc2)ccc1CCCCOc1ccc(C2(C)SC(=O)NC2=O)cc1. The maximum absolute atomic E-state index is 12.1. The molecule has 194 valence electrons. The molecule has 2 amide bonds. The number of aryl methyl sites for hydroxylation is 2. The van der Waals surface area contributed by atoms with Gasteiger partial charge in [-0.1, -0.05) is 31.5 Å². The molecule has 1 atom stereocenters. The molecule has 0 bridgehead atoms. The van der Waals surface area contributed by atoms with E-state index in [4.69, 9.17) is 14.2 Å². The third-order valence-corrected chi connectivity index (χ3v) is 7.57. The largest absolute Gasteiger partial charge is 0.497 e. The van der Waals surface area contributed by atoms with Gasteiger partial charge >= 0.3 is 0 Å². The molecular formula is C30H33NO5S. The Bertz CT molecular complexity index is 1230. The predicted molar refractivity (Wildman–Crippen MR) is 147 cm³/mol. The van der Waals surface area contributed by atoms with E-state index in [-0.39, 0.29) is 11.1 Å². The van der Waals surface area contributed by atoms with Crippen molar-refractivity contribution in [1.29, 1.82) is 0 Å². The van der Waals surface area contributed by atoms with Crippen molar-refractivity contribution >= 4 is 22.9 Å². The average Bonchev–Trinajstić information content (AvgIpc) is 3.17. The average molecular weight is 520 g/mol. The number of imide groups is 1. The molecular weight excluding hydrogens is 486 g/mol. The number of carbonyl (C=O) groups excluding carboxylic acids is 2. The highest BCUT2D eigenvalue weighted by Crippen LogP contribution is 2.41. The first-order chi connectivity index (χ1) is 17.9. The molecule has 3 aromatic carbocycles. The van der Waals surface area contributed by atoms with Crippen molar-refractivity contribution in [1.82, 2.24) is 5.32 Å². The number of hydrogen-bond donors (Lipinski definition) is 1. The lowest BCUT2D eigenvalue weighted by Crippen LogP contribution is -2.31. The predicted octanol–water partition coefficient (Wildman–Crippen LogP) is 7.04. The molecule has 1 unspecified atom stereocenters. The van der Waals surface area contributed by atoms with E-state index in [0.29, 0.717) is 6.61 Å². The summed E-state index contributed by atoms with van der Waals surface area (Å²) in [7, 11) is 1.65. The highest BCUT2D eigenvalue weighted by molar-refractivity contribution is 8.15. The summed E-state index contributed by atoms with van der Waals surface area (Å²) in [5.41, 5.74) is 3.46. The Labute approximate surface area is 222 Å². The number of unbranched alkanes of at least 4 members (excludes halogenated alkanes) is 1. The Balaban J connectivity index is 1.26. The van der Waals surface area contributed by atoms with Crippen LogP contribution >= 0.6 is 11.8 Å². The summed E-state index contributed by atoms with van der Waals surface area (Å²) in [4.78, 5) is 23.7. The number of nitrogens with one attached hydrogen (secondary N) is 1. The van der Waals surface area contributed by atoms with Crippen molar-refractivity contribution in [3.8, 4) is 23.0 Å². The monoisotopic (exact) mass is 519 g/mol. The van der Waals surface area contributed by atoms with E-state index >= 15 is 0 Å². The molecule has 1 heterocycles. The van der Waals surface area contributed by atoms with Gasteiger partial charge in [-0.05, 0) is 110 Å². The normalized spacial score (nSPS) is 16.9. The zero-order valence-corrected chi connectivity index (χ0v) is 22.4. The molecule has 0 aliphatic carbocycles. The van der Waals surface area contributed by atoms with Gasteiger partial charge in [0.05, 0.1) is 13.7 Å². The number of ether oxygens (including phenoxy) is 3. The van der Waals surface area contributed by atoms with E-state index in [0.717, 1.165) is 72.4 Å². The van der Waals surface area contributed by atoms with Crippen LogP contribution in [0.1, 0.15) is 49.8 Å². The zero-order valence-electron chi connectivity index (χ0n) is 21.5. The van der Waals surface area contributed by atoms with Gasteiger partial charge in [-0.2, -0.15) is 0 Å². The summed E-state index contributed by atoms with van der Waals surface area (Å²) < 4.78 is 16.3. The van der Waals surface area contributed by atoms with Crippen LogP contribution in [-0.2, 0) is 22.4 Å². The number of thioether (sulfide) groups is 1. The summed E-state index contributed by atoms with van der Waals surface area (Å²) in [6, 6.07) is 21.4. The van der Waals surface area contributed by atoms with Crippen molar-refractivity contribution in [2.24, 2.45) is 0 Å². The topological polar surface area (TPSA) is 73.9 Å². The molecule has 7 heteroatoms. The van der Waals surface area contributed by atoms with Gasteiger partial charge in [0.15, 0.2) is 0 Å². The van der Waals surface area contributed by atoms with Crippen molar-refractivity contribution in [3.63, 3.8) is 0 Å². The van der Waals surface area contributed by atoms with Gasteiger partial charge in [0, 0.05) is 0 Å². The van der Waals surface area contributed by atoms with Crippen molar-refractivity contribution in [2.75, 3.05) is 13.7 Å². The van der Waals surface area contributed by atoms with Gasteiger partial charge in [0.2, 0.25) is 5.91 Å². The molecule has 0 saturated carbocycles. The maximum atomic E-state index is 12.1. The standard InChI is InChI=1S/C30H33NO5S/c1-4-7-22-20-27(36-26-17-15-24(34-3)16-18-26)12-9-21(22)8-5-6-19-35-25-13-10-23(11-14-25)30(2)28(32)31-29(33)37-30/h9-18,20H,4-8,19H2,1-3H3,(H,31,32,33). The molecule has 1 aliphatic rings. The van der Waals surface area contributed by atoms with Gasteiger partial charge in [0.1, 0.15) is 27.7 Å². The lowest BCUT2D eigenvalue weighted by Gasteiger charge is -2.19. The fourth-order valence-corrected chi connectivity index (χ4v) is 5.24. The van der Waals surface area contributed by atoms with Gasteiger partial charge in [-0.3, -0.25) is 14.9 Å². The fraction of sp³-hybridized carbons (Fsp3) is 0.333. The van der Waals surface area contributed by atoms with E-state index < -0.39 is 4.75 Å². The smallest absolute Gasteiger partial charge is 0.287 e. The van der Waals surface area contributed by atoms with Gasteiger partial charge in [-0.25, -0.2) is 0 Å². The van der Waals surface area contributed by atoms with E-state index in [1.54, 1.807) is 14.0 Å². The Hall–Kier alpha value is -3.45. The van der Waals surface area contributed by atoms with Crippen LogP contribution in [0.4, 0.5) is 4.79 Å². The van der Waals surface area contributed by atoms with Crippen LogP contribution in [0.25, 0.3) is 0 Å². The second-order valence-electron chi connectivity index (χ2n) is 9.16. The second kappa shape index (κ2) is 12.2. The number of benzene rings is 3. The number of carbonyl (C=O) groups is 2. The number of rotatable bonds is 12. The van der Waals surface area contributed by atoms with Crippen LogP contribution in [0.3, 0.4) is 0 Å². The van der Waals surface area contributed by atoms with Gasteiger partial charge in [-0.15, -0.1) is 0 Å². The third kappa shape index (κ3) is 6.66.